The number of aliphatic hydroxyl groups is 1. The molecule has 76 valence electrons. The van der Waals surface area contributed by atoms with Gasteiger partial charge in [0.1, 0.15) is 5.60 Å². The van der Waals surface area contributed by atoms with Crippen molar-refractivity contribution in [3.63, 3.8) is 0 Å². The Morgan fingerprint density at radius 2 is 1.69 bits per heavy atom. The number of halogens is 1. The molecule has 2 N–H and O–H groups in total. The van der Waals surface area contributed by atoms with E-state index in [1.807, 2.05) is 0 Å². The lowest BCUT2D eigenvalue weighted by molar-refractivity contribution is -0.155. The minimum Gasteiger partial charge on any atom is -0.479 e. The Morgan fingerprint density at radius 1 is 1.23 bits per heavy atom. The van der Waals surface area contributed by atoms with E-state index in [0.29, 0.717) is 12.8 Å². The van der Waals surface area contributed by atoms with Crippen LogP contribution in [0.3, 0.4) is 0 Å². The van der Waals surface area contributed by atoms with Crippen molar-refractivity contribution >= 4 is 5.97 Å². The van der Waals surface area contributed by atoms with Gasteiger partial charge >= 0.3 is 5.97 Å². The maximum absolute atomic E-state index is 13.1. The van der Waals surface area contributed by atoms with Gasteiger partial charge in [-0.15, -0.1) is 0 Å². The summed E-state index contributed by atoms with van der Waals surface area (Å²) in [6, 6.07) is 0. The van der Waals surface area contributed by atoms with Crippen LogP contribution in [0.4, 0.5) is 4.39 Å². The van der Waals surface area contributed by atoms with Crippen LogP contribution < -0.4 is 0 Å². The third-order valence-electron chi connectivity index (χ3n) is 2.66. The molecule has 0 amide bonds. The molecule has 4 heteroatoms. The number of aliphatic carboxylic acids is 1. The molecule has 0 aromatic rings. The minimum atomic E-state index is -2.13. The van der Waals surface area contributed by atoms with E-state index < -0.39 is 17.7 Å². The van der Waals surface area contributed by atoms with E-state index in [1.165, 1.54) is 0 Å². The second kappa shape index (κ2) is 4.05. The molecule has 3 nitrogen and oxygen atoms in total. The zero-order valence-corrected chi connectivity index (χ0v) is 7.50. The first-order valence-corrected chi connectivity index (χ1v) is 4.65. The molecule has 0 aromatic carbocycles. The topological polar surface area (TPSA) is 57.5 Å². The highest BCUT2D eigenvalue weighted by Gasteiger charge is 2.41. The third-order valence-corrected chi connectivity index (χ3v) is 2.66. The Labute approximate surface area is 76.6 Å². The number of hydrogen-bond acceptors (Lipinski definition) is 2. The molecular weight excluding hydrogens is 175 g/mol. The molecule has 1 atom stereocenters. The van der Waals surface area contributed by atoms with Gasteiger partial charge in [-0.2, -0.15) is 0 Å². The third kappa shape index (κ3) is 2.40. The van der Waals surface area contributed by atoms with Gasteiger partial charge in [-0.1, -0.05) is 25.7 Å². The zero-order chi connectivity index (χ0) is 9.90. The van der Waals surface area contributed by atoms with Crippen molar-refractivity contribution in [2.45, 2.75) is 50.3 Å². The maximum Gasteiger partial charge on any atom is 0.341 e. The zero-order valence-electron chi connectivity index (χ0n) is 7.50. The van der Waals surface area contributed by atoms with E-state index in [1.54, 1.807) is 0 Å². The Bertz CT molecular complexity index is 185. The smallest absolute Gasteiger partial charge is 0.341 e. The minimum absolute atomic E-state index is 0.264. The van der Waals surface area contributed by atoms with Crippen molar-refractivity contribution in [1.29, 1.82) is 0 Å². The lowest BCUT2D eigenvalue weighted by atomic mass is 9.89. The van der Waals surface area contributed by atoms with Crippen LogP contribution in [-0.4, -0.2) is 28.0 Å². The number of alkyl halides is 1. The molecule has 0 aliphatic heterocycles. The summed E-state index contributed by atoms with van der Waals surface area (Å²) in [6.07, 6.45) is 1.73. The summed E-state index contributed by atoms with van der Waals surface area (Å²) in [5.41, 5.74) is -1.62. The average molecular weight is 190 g/mol. The van der Waals surface area contributed by atoms with Crippen molar-refractivity contribution in [2.75, 3.05) is 0 Å². The van der Waals surface area contributed by atoms with Crippen molar-refractivity contribution in [2.24, 2.45) is 0 Å². The highest BCUT2D eigenvalue weighted by molar-refractivity contribution is 5.73. The Hall–Kier alpha value is -0.640. The number of hydrogen-bond donors (Lipinski definition) is 2. The van der Waals surface area contributed by atoms with Crippen molar-refractivity contribution in [3.05, 3.63) is 0 Å². The van der Waals surface area contributed by atoms with Crippen LogP contribution >= 0.6 is 0 Å². The summed E-state index contributed by atoms with van der Waals surface area (Å²) >= 11 is 0. The molecule has 1 unspecified atom stereocenters. The Kier molecular flexibility index (Phi) is 3.25. The van der Waals surface area contributed by atoms with Gasteiger partial charge in [-0.25, -0.2) is 9.18 Å². The number of carboxylic acid groups (broad SMARTS) is 1. The van der Waals surface area contributed by atoms with Gasteiger partial charge in [-0.05, 0) is 12.8 Å². The lowest BCUT2D eigenvalue weighted by Crippen LogP contribution is -2.43. The molecule has 0 bridgehead atoms. The van der Waals surface area contributed by atoms with Gasteiger partial charge in [0, 0.05) is 0 Å². The van der Waals surface area contributed by atoms with E-state index in [-0.39, 0.29) is 12.8 Å². The van der Waals surface area contributed by atoms with E-state index in [4.69, 9.17) is 5.11 Å². The van der Waals surface area contributed by atoms with Crippen LogP contribution in [0.2, 0.25) is 0 Å². The standard InChI is InChI=1S/C9H15FO3/c10-7(8(11)12)9(13)5-3-1-2-4-6-9/h7,13H,1-6H2,(H,11,12). The average Bonchev–Trinajstić information content (AvgIpc) is 2.29. The van der Waals surface area contributed by atoms with Gasteiger partial charge in [-0.3, -0.25) is 0 Å². The van der Waals surface area contributed by atoms with Crippen LogP contribution in [0.15, 0.2) is 0 Å². The predicted octanol–water partition coefficient (Wildman–Crippen LogP) is 1.49. The summed E-state index contributed by atoms with van der Waals surface area (Å²) in [6.45, 7) is 0. The Morgan fingerprint density at radius 3 is 2.08 bits per heavy atom. The fraction of sp³-hybridized carbons (Fsp3) is 0.889. The quantitative estimate of drug-likeness (QED) is 0.648. The molecule has 0 aromatic heterocycles. The van der Waals surface area contributed by atoms with Crippen molar-refractivity contribution in [3.8, 4) is 0 Å². The van der Waals surface area contributed by atoms with E-state index in [9.17, 15) is 14.3 Å². The largest absolute Gasteiger partial charge is 0.479 e. The first-order valence-electron chi connectivity index (χ1n) is 4.65. The SMILES string of the molecule is O=C(O)C(F)C1(O)CCCCCC1. The van der Waals surface area contributed by atoms with Crippen molar-refractivity contribution < 1.29 is 19.4 Å². The first-order chi connectivity index (χ1) is 6.06. The normalized spacial score (nSPS) is 24.8. The van der Waals surface area contributed by atoms with Crippen molar-refractivity contribution in [1.82, 2.24) is 0 Å². The summed E-state index contributed by atoms with van der Waals surface area (Å²) < 4.78 is 13.1. The second-order valence-electron chi connectivity index (χ2n) is 3.72. The molecule has 0 radical (unpaired) electrons. The maximum atomic E-state index is 13.1. The van der Waals surface area contributed by atoms with Crippen LogP contribution in [0.5, 0.6) is 0 Å². The van der Waals surface area contributed by atoms with E-state index in [2.05, 4.69) is 0 Å². The van der Waals surface area contributed by atoms with Crippen LogP contribution in [0.1, 0.15) is 38.5 Å². The predicted molar refractivity (Wildman–Crippen MR) is 45.2 cm³/mol. The molecule has 0 spiro atoms. The monoisotopic (exact) mass is 190 g/mol. The molecular formula is C9H15FO3. The summed E-state index contributed by atoms with van der Waals surface area (Å²) in [4.78, 5) is 10.4. The van der Waals surface area contributed by atoms with E-state index >= 15 is 0 Å². The van der Waals surface area contributed by atoms with Gasteiger partial charge in [0.15, 0.2) is 0 Å². The second-order valence-corrected chi connectivity index (χ2v) is 3.72. The van der Waals surface area contributed by atoms with Crippen LogP contribution in [-0.2, 0) is 4.79 Å². The molecule has 1 fully saturated rings. The van der Waals surface area contributed by atoms with Gasteiger partial charge in [0.2, 0.25) is 6.17 Å². The molecule has 1 aliphatic rings. The van der Waals surface area contributed by atoms with Gasteiger partial charge in [0.05, 0.1) is 0 Å². The summed E-state index contributed by atoms with van der Waals surface area (Å²) in [5, 5.41) is 18.2. The van der Waals surface area contributed by atoms with Crippen LogP contribution in [0.25, 0.3) is 0 Å². The van der Waals surface area contributed by atoms with E-state index in [0.717, 1.165) is 12.8 Å². The summed E-state index contributed by atoms with van der Waals surface area (Å²) in [7, 11) is 0. The summed E-state index contributed by atoms with van der Waals surface area (Å²) in [5.74, 6) is -1.55. The molecule has 1 saturated carbocycles. The molecule has 13 heavy (non-hydrogen) atoms. The molecule has 0 heterocycles. The van der Waals surface area contributed by atoms with Gasteiger partial charge in [0.25, 0.3) is 0 Å². The number of rotatable bonds is 2. The first kappa shape index (κ1) is 10.4. The highest BCUT2D eigenvalue weighted by Crippen LogP contribution is 2.31. The van der Waals surface area contributed by atoms with Crippen LogP contribution in [0, 0.1) is 0 Å². The number of carboxylic acids is 1. The highest BCUT2D eigenvalue weighted by atomic mass is 19.1. The molecule has 1 rings (SSSR count). The molecule has 0 saturated heterocycles. The lowest BCUT2D eigenvalue weighted by Gasteiger charge is -2.27. The fourth-order valence-electron chi connectivity index (χ4n) is 1.82. The fourth-order valence-corrected chi connectivity index (χ4v) is 1.82. The number of carbonyl (C=O) groups is 1. The molecule has 1 aliphatic carbocycles. The Balaban J connectivity index is 2.65. The van der Waals surface area contributed by atoms with Gasteiger partial charge < -0.3 is 10.2 Å².